The van der Waals surface area contributed by atoms with Crippen LogP contribution in [0.5, 0.6) is 11.5 Å². The fraction of sp³-hybridized carbons (Fsp3) is 0.190. The minimum atomic E-state index is -0.517. The standard InChI is InChI=1S/C21H19NO5/c1-2-25-18-11-7-17(8-12-18)21(24)27-19-9-4-16(5-10-19)6-13-20(23)26-15-3-14-22/h4-13H,2-3,15H2,1H3/b13-6+. The molecule has 0 aliphatic rings. The lowest BCUT2D eigenvalue weighted by atomic mass is 10.2. The Morgan fingerprint density at radius 1 is 1.04 bits per heavy atom. The van der Waals surface area contributed by atoms with Gasteiger partial charge in [-0.15, -0.1) is 0 Å². The van der Waals surface area contributed by atoms with Crippen LogP contribution in [0.25, 0.3) is 6.08 Å². The SMILES string of the molecule is CCOc1ccc(C(=O)Oc2ccc(/C=C/C(=O)OCCC#N)cc2)cc1. The molecule has 0 atom stereocenters. The van der Waals surface area contributed by atoms with Gasteiger partial charge in [0.15, 0.2) is 0 Å². The molecule has 27 heavy (non-hydrogen) atoms. The molecule has 0 N–H and O–H groups in total. The number of benzene rings is 2. The smallest absolute Gasteiger partial charge is 0.343 e. The van der Waals surface area contributed by atoms with Crippen molar-refractivity contribution in [1.29, 1.82) is 5.26 Å². The van der Waals surface area contributed by atoms with Gasteiger partial charge < -0.3 is 14.2 Å². The maximum absolute atomic E-state index is 12.1. The molecular formula is C21H19NO5. The Morgan fingerprint density at radius 3 is 2.33 bits per heavy atom. The monoisotopic (exact) mass is 365 g/mol. The van der Waals surface area contributed by atoms with Crippen LogP contribution in [0.15, 0.2) is 54.6 Å². The summed E-state index contributed by atoms with van der Waals surface area (Å²) in [5.41, 5.74) is 1.16. The van der Waals surface area contributed by atoms with E-state index in [0.717, 1.165) is 5.56 Å². The Hall–Kier alpha value is -3.59. The average molecular weight is 365 g/mol. The highest BCUT2D eigenvalue weighted by Crippen LogP contribution is 2.17. The van der Waals surface area contributed by atoms with E-state index in [9.17, 15) is 9.59 Å². The van der Waals surface area contributed by atoms with Crippen molar-refractivity contribution in [2.24, 2.45) is 0 Å². The summed E-state index contributed by atoms with van der Waals surface area (Å²) in [7, 11) is 0. The van der Waals surface area contributed by atoms with Gasteiger partial charge in [-0.05, 0) is 55.0 Å². The summed E-state index contributed by atoms with van der Waals surface area (Å²) in [4.78, 5) is 23.6. The number of nitrogens with zero attached hydrogens (tertiary/aromatic N) is 1. The summed E-state index contributed by atoms with van der Waals surface area (Å²) >= 11 is 0. The normalized spacial score (nSPS) is 10.2. The van der Waals surface area contributed by atoms with E-state index in [4.69, 9.17) is 19.5 Å². The predicted octanol–water partition coefficient (Wildman–Crippen LogP) is 3.77. The van der Waals surface area contributed by atoms with Crippen molar-refractivity contribution in [3.8, 4) is 17.6 Å². The largest absolute Gasteiger partial charge is 0.494 e. The lowest BCUT2D eigenvalue weighted by molar-refractivity contribution is -0.137. The molecule has 0 saturated carbocycles. The minimum absolute atomic E-state index is 0.0696. The lowest BCUT2D eigenvalue weighted by Gasteiger charge is -2.06. The topological polar surface area (TPSA) is 85.6 Å². The van der Waals surface area contributed by atoms with Gasteiger partial charge in [-0.2, -0.15) is 5.26 Å². The van der Waals surface area contributed by atoms with Crippen LogP contribution in [0.2, 0.25) is 0 Å². The number of hydrogen-bond donors (Lipinski definition) is 0. The van der Waals surface area contributed by atoms with Gasteiger partial charge in [0.05, 0.1) is 24.7 Å². The highest BCUT2D eigenvalue weighted by Gasteiger charge is 2.08. The molecular weight excluding hydrogens is 346 g/mol. The van der Waals surface area contributed by atoms with Crippen molar-refractivity contribution < 1.29 is 23.8 Å². The van der Waals surface area contributed by atoms with E-state index in [1.165, 1.54) is 6.08 Å². The summed E-state index contributed by atoms with van der Waals surface area (Å²) in [5, 5.41) is 8.38. The van der Waals surface area contributed by atoms with E-state index in [-0.39, 0.29) is 13.0 Å². The molecule has 0 fully saturated rings. The van der Waals surface area contributed by atoms with E-state index < -0.39 is 11.9 Å². The second-order valence-corrected chi connectivity index (χ2v) is 5.32. The first kappa shape index (κ1) is 19.7. The van der Waals surface area contributed by atoms with Crippen LogP contribution in [0.1, 0.15) is 29.3 Å². The molecule has 2 aromatic rings. The highest BCUT2D eigenvalue weighted by atomic mass is 16.5. The highest BCUT2D eigenvalue weighted by molar-refractivity contribution is 5.91. The van der Waals surface area contributed by atoms with Crippen molar-refractivity contribution in [2.45, 2.75) is 13.3 Å². The number of esters is 2. The zero-order valence-electron chi connectivity index (χ0n) is 14.9. The van der Waals surface area contributed by atoms with Gasteiger partial charge in [-0.25, -0.2) is 9.59 Å². The molecule has 0 amide bonds. The molecule has 0 aromatic heterocycles. The number of carbonyl (C=O) groups is 2. The summed E-state index contributed by atoms with van der Waals surface area (Å²) < 4.78 is 15.5. The van der Waals surface area contributed by atoms with Crippen LogP contribution in [-0.2, 0) is 9.53 Å². The molecule has 2 aromatic carbocycles. The number of ether oxygens (including phenoxy) is 3. The zero-order valence-corrected chi connectivity index (χ0v) is 14.9. The fourth-order valence-electron chi connectivity index (χ4n) is 2.08. The van der Waals surface area contributed by atoms with Crippen LogP contribution in [0.3, 0.4) is 0 Å². The van der Waals surface area contributed by atoms with E-state index in [2.05, 4.69) is 0 Å². The Bertz CT molecular complexity index is 832. The van der Waals surface area contributed by atoms with Crippen molar-refractivity contribution in [2.75, 3.05) is 13.2 Å². The first-order chi connectivity index (χ1) is 13.1. The van der Waals surface area contributed by atoms with E-state index in [1.807, 2.05) is 13.0 Å². The van der Waals surface area contributed by atoms with Crippen LogP contribution >= 0.6 is 0 Å². The quantitative estimate of drug-likeness (QED) is 0.306. The minimum Gasteiger partial charge on any atom is -0.494 e. The molecule has 0 heterocycles. The first-order valence-corrected chi connectivity index (χ1v) is 8.39. The summed E-state index contributed by atoms with van der Waals surface area (Å²) in [6, 6.07) is 15.3. The number of hydrogen-bond acceptors (Lipinski definition) is 6. The Balaban J connectivity index is 1.90. The molecule has 0 saturated heterocycles. The molecule has 2 rings (SSSR count). The molecule has 6 heteroatoms. The number of nitriles is 1. The molecule has 0 spiro atoms. The second kappa shape index (κ2) is 10.4. The number of carbonyl (C=O) groups excluding carboxylic acids is 2. The van der Waals surface area contributed by atoms with Crippen LogP contribution in [0, 0.1) is 11.3 Å². The van der Waals surface area contributed by atoms with Gasteiger partial charge in [0.2, 0.25) is 0 Å². The van der Waals surface area contributed by atoms with Gasteiger partial charge in [-0.1, -0.05) is 12.1 Å². The van der Waals surface area contributed by atoms with Crippen LogP contribution in [0.4, 0.5) is 0 Å². The first-order valence-electron chi connectivity index (χ1n) is 8.39. The molecule has 138 valence electrons. The third-order valence-corrected chi connectivity index (χ3v) is 3.36. The van der Waals surface area contributed by atoms with E-state index in [1.54, 1.807) is 54.6 Å². The summed E-state index contributed by atoms with van der Waals surface area (Å²) in [6.45, 7) is 2.51. The van der Waals surface area contributed by atoms with Crippen molar-refractivity contribution >= 4 is 18.0 Å². The average Bonchev–Trinajstić information content (AvgIpc) is 2.68. The van der Waals surface area contributed by atoms with Gasteiger partial charge in [0, 0.05) is 6.08 Å². The van der Waals surface area contributed by atoms with Gasteiger partial charge in [-0.3, -0.25) is 0 Å². The Labute approximate surface area is 157 Å². The van der Waals surface area contributed by atoms with Gasteiger partial charge in [0.1, 0.15) is 18.1 Å². The van der Waals surface area contributed by atoms with Crippen LogP contribution in [-0.4, -0.2) is 25.2 Å². The van der Waals surface area contributed by atoms with Crippen molar-refractivity contribution in [1.82, 2.24) is 0 Å². The summed E-state index contributed by atoms with van der Waals surface area (Å²) in [6.07, 6.45) is 3.01. The maximum Gasteiger partial charge on any atom is 0.343 e. The summed E-state index contributed by atoms with van der Waals surface area (Å²) in [5.74, 6) is 0.0950. The third kappa shape index (κ3) is 6.67. The molecule has 0 radical (unpaired) electrons. The second-order valence-electron chi connectivity index (χ2n) is 5.32. The van der Waals surface area contributed by atoms with E-state index >= 15 is 0 Å². The molecule has 0 bridgehead atoms. The van der Waals surface area contributed by atoms with Crippen molar-refractivity contribution in [3.63, 3.8) is 0 Å². The van der Waals surface area contributed by atoms with Gasteiger partial charge >= 0.3 is 11.9 Å². The lowest BCUT2D eigenvalue weighted by Crippen LogP contribution is -2.08. The maximum atomic E-state index is 12.1. The zero-order chi connectivity index (χ0) is 19.5. The molecule has 0 aliphatic carbocycles. The Morgan fingerprint density at radius 2 is 1.70 bits per heavy atom. The van der Waals surface area contributed by atoms with Gasteiger partial charge in [0.25, 0.3) is 0 Å². The molecule has 0 unspecified atom stereocenters. The van der Waals surface area contributed by atoms with Crippen LogP contribution < -0.4 is 9.47 Å². The predicted molar refractivity (Wildman–Crippen MR) is 99.2 cm³/mol. The Kier molecular flexibility index (Phi) is 7.61. The fourth-order valence-corrected chi connectivity index (χ4v) is 2.08. The molecule has 0 aliphatic heterocycles. The number of rotatable bonds is 8. The van der Waals surface area contributed by atoms with Crippen molar-refractivity contribution in [3.05, 3.63) is 65.7 Å². The third-order valence-electron chi connectivity index (χ3n) is 3.36. The molecule has 6 nitrogen and oxygen atoms in total. The van der Waals surface area contributed by atoms with E-state index in [0.29, 0.717) is 23.7 Å².